The molecule has 0 heterocycles. The van der Waals surface area contributed by atoms with E-state index in [9.17, 15) is 0 Å². The van der Waals surface area contributed by atoms with Gasteiger partial charge in [0.05, 0.1) is 10.8 Å². The average molecular weight is 782 g/mol. The largest absolute Gasteiger partial charge is 0.311 e. The van der Waals surface area contributed by atoms with Crippen molar-refractivity contribution >= 4 is 17.1 Å². The van der Waals surface area contributed by atoms with Gasteiger partial charge >= 0.3 is 0 Å². The Morgan fingerprint density at radius 3 is 0.852 bits per heavy atom. The zero-order valence-electron chi connectivity index (χ0n) is 34.9. The van der Waals surface area contributed by atoms with Gasteiger partial charge in [0.2, 0.25) is 0 Å². The maximum atomic E-state index is 2.41. The number of benzene rings is 9. The molecule has 2 aliphatic rings. The molecule has 0 bridgehead atoms. The summed E-state index contributed by atoms with van der Waals surface area (Å²) in [7, 11) is 0. The molecule has 292 valence electrons. The van der Waals surface area contributed by atoms with Gasteiger partial charge in [-0.05, 0) is 114 Å². The first-order valence-corrected chi connectivity index (χ1v) is 21.5. The summed E-state index contributed by atoms with van der Waals surface area (Å²) in [6.45, 7) is 6.84. The second-order valence-corrected chi connectivity index (χ2v) is 17.6. The van der Waals surface area contributed by atoms with E-state index in [0.717, 1.165) is 17.1 Å². The molecule has 9 aromatic rings. The predicted molar refractivity (Wildman–Crippen MR) is 254 cm³/mol. The van der Waals surface area contributed by atoms with Gasteiger partial charge in [0.15, 0.2) is 0 Å². The van der Waals surface area contributed by atoms with E-state index in [1.54, 1.807) is 0 Å². The van der Waals surface area contributed by atoms with Crippen molar-refractivity contribution in [2.24, 2.45) is 0 Å². The highest BCUT2D eigenvalue weighted by molar-refractivity contribution is 5.88. The first-order chi connectivity index (χ1) is 29.9. The molecule has 1 nitrogen and oxygen atoms in total. The summed E-state index contributed by atoms with van der Waals surface area (Å²) in [4.78, 5) is 2.41. The van der Waals surface area contributed by atoms with E-state index in [4.69, 9.17) is 0 Å². The van der Waals surface area contributed by atoms with Crippen LogP contribution in [-0.4, -0.2) is 0 Å². The van der Waals surface area contributed by atoms with Crippen molar-refractivity contribution in [2.75, 3.05) is 4.90 Å². The van der Waals surface area contributed by atoms with Gasteiger partial charge in [-0.15, -0.1) is 0 Å². The normalized spacial score (nSPS) is 14.1. The van der Waals surface area contributed by atoms with Gasteiger partial charge in [-0.25, -0.2) is 0 Å². The Morgan fingerprint density at radius 1 is 0.279 bits per heavy atom. The fraction of sp³-hybridized carbons (Fsp3) is 0.100. The Balaban J connectivity index is 1.08. The maximum absolute atomic E-state index is 2.41. The maximum Gasteiger partial charge on any atom is 0.0713 e. The molecule has 0 N–H and O–H groups in total. The molecule has 0 aromatic heterocycles. The van der Waals surface area contributed by atoms with Crippen LogP contribution in [0, 0.1) is 0 Å². The predicted octanol–water partition coefficient (Wildman–Crippen LogP) is 15.2. The molecule has 9 aromatic carbocycles. The fourth-order valence-corrected chi connectivity index (χ4v) is 10.7. The molecule has 11 rings (SSSR count). The van der Waals surface area contributed by atoms with Gasteiger partial charge in [-0.1, -0.05) is 215 Å². The summed E-state index contributed by atoms with van der Waals surface area (Å²) < 4.78 is 0. The monoisotopic (exact) mass is 781 g/mol. The standard InChI is InChI=1S/C60H47N/c1-58(2,3)42-30-36-47(37-31-42)61(48-38-32-45(33-39-48)59(43-18-6-4-7-19-43)54-26-14-10-22-50(54)51-23-11-15-27-55(51)59)49-40-34-46(35-41-49)60(44-20-8-5-9-21-44)56-28-16-12-24-52(56)53-25-13-17-29-57(53)60/h4-41H,1-3H3. The van der Waals surface area contributed by atoms with Crippen molar-refractivity contribution in [2.45, 2.75) is 37.0 Å². The SMILES string of the molecule is CC(C)(C)c1ccc(N(c2ccc(C3(c4ccccc4)c4ccccc4-c4ccccc43)cc2)c2ccc(C3(c4ccccc4)c4ccccc4-c4ccccc43)cc2)cc1. The molecule has 0 atom stereocenters. The average Bonchev–Trinajstić information content (AvgIpc) is 3.79. The molecule has 61 heavy (non-hydrogen) atoms. The van der Waals surface area contributed by atoms with Crippen molar-refractivity contribution in [3.63, 3.8) is 0 Å². The smallest absolute Gasteiger partial charge is 0.0713 e. The van der Waals surface area contributed by atoms with Crippen molar-refractivity contribution < 1.29 is 0 Å². The van der Waals surface area contributed by atoms with Crippen molar-refractivity contribution in [1.29, 1.82) is 0 Å². The third-order valence-corrected chi connectivity index (χ3v) is 13.4. The molecule has 0 aliphatic heterocycles. The van der Waals surface area contributed by atoms with Crippen molar-refractivity contribution in [1.82, 2.24) is 0 Å². The number of hydrogen-bond acceptors (Lipinski definition) is 1. The van der Waals surface area contributed by atoms with Gasteiger partial charge in [-0.2, -0.15) is 0 Å². The number of rotatable bonds is 7. The van der Waals surface area contributed by atoms with Gasteiger partial charge in [0.1, 0.15) is 0 Å². The van der Waals surface area contributed by atoms with Crippen molar-refractivity contribution in [3.05, 3.63) is 281 Å². The van der Waals surface area contributed by atoms with Crippen LogP contribution in [-0.2, 0) is 16.2 Å². The molecule has 0 spiro atoms. The van der Waals surface area contributed by atoms with Crippen LogP contribution in [0.5, 0.6) is 0 Å². The van der Waals surface area contributed by atoms with Crippen molar-refractivity contribution in [3.8, 4) is 22.3 Å². The summed E-state index contributed by atoms with van der Waals surface area (Å²) in [6.07, 6.45) is 0. The third-order valence-electron chi connectivity index (χ3n) is 13.4. The van der Waals surface area contributed by atoms with Crippen LogP contribution in [0.25, 0.3) is 22.3 Å². The lowest BCUT2D eigenvalue weighted by Gasteiger charge is -2.35. The summed E-state index contributed by atoms with van der Waals surface area (Å²) in [6, 6.07) is 85.8. The Hall–Kier alpha value is -7.22. The molecule has 0 saturated heterocycles. The van der Waals surface area contributed by atoms with Gasteiger partial charge in [0, 0.05) is 17.1 Å². The van der Waals surface area contributed by atoms with Crippen LogP contribution in [0.2, 0.25) is 0 Å². The van der Waals surface area contributed by atoms with Crippen LogP contribution in [0.4, 0.5) is 17.1 Å². The molecule has 0 saturated carbocycles. The minimum atomic E-state index is -0.451. The first-order valence-electron chi connectivity index (χ1n) is 21.5. The number of anilines is 3. The van der Waals surface area contributed by atoms with Crippen LogP contribution in [0.15, 0.2) is 231 Å². The Kier molecular flexibility index (Phi) is 8.58. The third kappa shape index (κ3) is 5.54. The van der Waals surface area contributed by atoms with Gasteiger partial charge < -0.3 is 4.90 Å². The number of nitrogens with zero attached hydrogens (tertiary/aromatic N) is 1. The highest BCUT2D eigenvalue weighted by Gasteiger charge is 2.47. The molecule has 0 unspecified atom stereocenters. The quantitative estimate of drug-likeness (QED) is 0.156. The topological polar surface area (TPSA) is 3.24 Å². The van der Waals surface area contributed by atoms with Gasteiger partial charge in [0.25, 0.3) is 0 Å². The highest BCUT2D eigenvalue weighted by atomic mass is 15.1. The van der Waals surface area contributed by atoms with E-state index in [-0.39, 0.29) is 5.41 Å². The molecule has 0 fully saturated rings. The van der Waals surface area contributed by atoms with E-state index in [1.165, 1.54) is 72.3 Å². The number of fused-ring (bicyclic) bond motifs is 6. The molecule has 0 amide bonds. The zero-order valence-corrected chi connectivity index (χ0v) is 34.9. The lowest BCUT2D eigenvalue weighted by Crippen LogP contribution is -2.28. The van der Waals surface area contributed by atoms with Crippen LogP contribution >= 0.6 is 0 Å². The van der Waals surface area contributed by atoms with Gasteiger partial charge in [-0.3, -0.25) is 0 Å². The van der Waals surface area contributed by atoms with E-state index < -0.39 is 10.8 Å². The molecule has 2 aliphatic carbocycles. The lowest BCUT2D eigenvalue weighted by atomic mass is 9.67. The van der Waals surface area contributed by atoms with E-state index in [2.05, 4.69) is 256 Å². The zero-order chi connectivity index (χ0) is 41.2. The van der Waals surface area contributed by atoms with E-state index in [0.29, 0.717) is 0 Å². The fourth-order valence-electron chi connectivity index (χ4n) is 10.7. The highest BCUT2D eigenvalue weighted by Crippen LogP contribution is 2.58. The lowest BCUT2D eigenvalue weighted by molar-refractivity contribution is 0.590. The minimum absolute atomic E-state index is 0.0475. The van der Waals surface area contributed by atoms with E-state index in [1.807, 2.05) is 0 Å². The van der Waals surface area contributed by atoms with E-state index >= 15 is 0 Å². The minimum Gasteiger partial charge on any atom is -0.311 e. The Labute approximate surface area is 360 Å². The van der Waals surface area contributed by atoms with Crippen LogP contribution in [0.1, 0.15) is 70.8 Å². The second kappa shape index (κ2) is 14.2. The molecule has 1 heteroatoms. The molecule has 0 radical (unpaired) electrons. The van der Waals surface area contributed by atoms with Crippen LogP contribution < -0.4 is 4.90 Å². The summed E-state index contributed by atoms with van der Waals surface area (Å²) >= 11 is 0. The second-order valence-electron chi connectivity index (χ2n) is 17.6. The van der Waals surface area contributed by atoms with Crippen LogP contribution in [0.3, 0.4) is 0 Å². The molecular formula is C60H47N. The Morgan fingerprint density at radius 2 is 0.541 bits per heavy atom. The summed E-state index contributed by atoms with van der Waals surface area (Å²) in [5.41, 5.74) is 19.3. The molecular weight excluding hydrogens is 735 g/mol. The number of hydrogen-bond donors (Lipinski definition) is 0. The first kappa shape index (κ1) is 36.8. The summed E-state index contributed by atoms with van der Waals surface area (Å²) in [5.74, 6) is 0. The Bertz CT molecular complexity index is 2750. The summed E-state index contributed by atoms with van der Waals surface area (Å²) in [5, 5.41) is 0.